The summed E-state index contributed by atoms with van der Waals surface area (Å²) in [7, 11) is 0. The van der Waals surface area contributed by atoms with Crippen LogP contribution < -0.4 is 10.1 Å². The lowest BCUT2D eigenvalue weighted by Gasteiger charge is -2.13. The van der Waals surface area contributed by atoms with Gasteiger partial charge in [-0.15, -0.1) is 0 Å². The SMILES string of the molecule is CCc1ccccc1Oc1ccc(CNC(C)C)c(Cl)c1. The van der Waals surface area contributed by atoms with Crippen LogP contribution in [0.1, 0.15) is 31.9 Å². The zero-order chi connectivity index (χ0) is 15.2. The van der Waals surface area contributed by atoms with Crippen LogP contribution in [0, 0.1) is 0 Å². The lowest BCUT2D eigenvalue weighted by molar-refractivity contribution is 0.476. The van der Waals surface area contributed by atoms with Crippen LogP contribution in [-0.4, -0.2) is 6.04 Å². The number of hydrogen-bond acceptors (Lipinski definition) is 2. The van der Waals surface area contributed by atoms with Crippen molar-refractivity contribution in [2.75, 3.05) is 0 Å². The summed E-state index contributed by atoms with van der Waals surface area (Å²) in [5, 5.41) is 4.10. The summed E-state index contributed by atoms with van der Waals surface area (Å²) in [6.45, 7) is 7.12. The van der Waals surface area contributed by atoms with E-state index in [4.69, 9.17) is 16.3 Å². The number of aryl methyl sites for hydroxylation is 1. The van der Waals surface area contributed by atoms with Gasteiger partial charge in [0.25, 0.3) is 0 Å². The topological polar surface area (TPSA) is 21.3 Å². The van der Waals surface area contributed by atoms with E-state index in [1.54, 1.807) is 0 Å². The minimum absolute atomic E-state index is 0.438. The molecule has 21 heavy (non-hydrogen) atoms. The second-order valence-corrected chi connectivity index (χ2v) is 5.76. The first-order valence-electron chi connectivity index (χ1n) is 7.37. The molecular weight excluding hydrogens is 282 g/mol. The van der Waals surface area contributed by atoms with Crippen LogP contribution in [0.4, 0.5) is 0 Å². The highest BCUT2D eigenvalue weighted by atomic mass is 35.5. The van der Waals surface area contributed by atoms with Crippen molar-refractivity contribution in [2.24, 2.45) is 0 Å². The molecule has 0 spiro atoms. The van der Waals surface area contributed by atoms with E-state index < -0.39 is 0 Å². The van der Waals surface area contributed by atoms with Crippen molar-refractivity contribution in [1.82, 2.24) is 5.32 Å². The van der Waals surface area contributed by atoms with Crippen molar-refractivity contribution in [2.45, 2.75) is 39.8 Å². The minimum Gasteiger partial charge on any atom is -0.457 e. The third-order valence-corrected chi connectivity index (χ3v) is 3.66. The van der Waals surface area contributed by atoms with Gasteiger partial charge in [0.05, 0.1) is 0 Å². The second kappa shape index (κ2) is 7.48. The Bertz CT molecular complexity index is 596. The van der Waals surface area contributed by atoms with Gasteiger partial charge in [0.15, 0.2) is 0 Å². The van der Waals surface area contributed by atoms with E-state index in [2.05, 4.69) is 32.2 Å². The Balaban J connectivity index is 2.13. The molecule has 0 amide bonds. The van der Waals surface area contributed by atoms with E-state index in [1.807, 2.05) is 36.4 Å². The number of benzene rings is 2. The molecule has 0 aliphatic carbocycles. The predicted octanol–water partition coefficient (Wildman–Crippen LogP) is 5.19. The third-order valence-electron chi connectivity index (χ3n) is 3.31. The van der Waals surface area contributed by atoms with Crippen molar-refractivity contribution in [3.8, 4) is 11.5 Å². The van der Waals surface area contributed by atoms with Gasteiger partial charge in [0, 0.05) is 17.6 Å². The summed E-state index contributed by atoms with van der Waals surface area (Å²) >= 11 is 6.33. The normalized spacial score (nSPS) is 10.9. The van der Waals surface area contributed by atoms with E-state index in [0.29, 0.717) is 6.04 Å². The molecule has 0 aliphatic heterocycles. The maximum absolute atomic E-state index is 6.33. The molecule has 0 radical (unpaired) electrons. The van der Waals surface area contributed by atoms with Gasteiger partial charge < -0.3 is 10.1 Å². The molecule has 0 heterocycles. The standard InChI is InChI=1S/C18H22ClNO/c1-4-14-7-5-6-8-18(14)21-16-10-9-15(17(19)11-16)12-20-13(2)3/h5-11,13,20H,4,12H2,1-3H3. The van der Waals surface area contributed by atoms with Gasteiger partial charge in [-0.1, -0.05) is 56.6 Å². The van der Waals surface area contributed by atoms with Crippen LogP contribution in [0.2, 0.25) is 5.02 Å². The number of para-hydroxylation sites is 1. The first-order valence-corrected chi connectivity index (χ1v) is 7.75. The fourth-order valence-corrected chi connectivity index (χ4v) is 2.31. The Morgan fingerprint density at radius 2 is 1.86 bits per heavy atom. The largest absolute Gasteiger partial charge is 0.457 e. The molecular formula is C18H22ClNO. The Kier molecular flexibility index (Phi) is 5.66. The molecule has 0 atom stereocenters. The maximum Gasteiger partial charge on any atom is 0.130 e. The molecule has 112 valence electrons. The molecule has 2 rings (SSSR count). The van der Waals surface area contributed by atoms with Crippen LogP contribution in [0.3, 0.4) is 0 Å². The average molecular weight is 304 g/mol. The van der Waals surface area contributed by atoms with Crippen molar-refractivity contribution in [1.29, 1.82) is 0 Å². The van der Waals surface area contributed by atoms with E-state index in [1.165, 1.54) is 5.56 Å². The molecule has 2 aromatic carbocycles. The Morgan fingerprint density at radius 3 is 2.52 bits per heavy atom. The lowest BCUT2D eigenvalue weighted by atomic mass is 10.1. The fourth-order valence-electron chi connectivity index (χ4n) is 2.07. The first-order chi connectivity index (χ1) is 10.1. The summed E-state index contributed by atoms with van der Waals surface area (Å²) in [4.78, 5) is 0. The van der Waals surface area contributed by atoms with Gasteiger partial charge in [0.2, 0.25) is 0 Å². The van der Waals surface area contributed by atoms with Crippen molar-refractivity contribution in [3.63, 3.8) is 0 Å². The van der Waals surface area contributed by atoms with Crippen LogP contribution in [0.25, 0.3) is 0 Å². The highest BCUT2D eigenvalue weighted by molar-refractivity contribution is 6.31. The quantitative estimate of drug-likeness (QED) is 0.792. The summed E-state index contributed by atoms with van der Waals surface area (Å²) in [6.07, 6.45) is 0.945. The maximum atomic E-state index is 6.33. The van der Waals surface area contributed by atoms with Gasteiger partial charge in [-0.3, -0.25) is 0 Å². The van der Waals surface area contributed by atoms with Gasteiger partial charge in [0.1, 0.15) is 11.5 Å². The lowest BCUT2D eigenvalue weighted by Crippen LogP contribution is -2.21. The number of nitrogens with one attached hydrogen (secondary N) is 1. The third kappa shape index (κ3) is 4.48. The Hall–Kier alpha value is -1.51. The molecule has 0 fully saturated rings. The molecule has 1 N–H and O–H groups in total. The zero-order valence-electron chi connectivity index (χ0n) is 12.8. The highest BCUT2D eigenvalue weighted by Crippen LogP contribution is 2.29. The molecule has 0 aliphatic rings. The highest BCUT2D eigenvalue weighted by Gasteiger charge is 2.06. The predicted molar refractivity (Wildman–Crippen MR) is 89.3 cm³/mol. The van der Waals surface area contributed by atoms with Crippen LogP contribution >= 0.6 is 11.6 Å². The zero-order valence-corrected chi connectivity index (χ0v) is 13.6. The van der Waals surface area contributed by atoms with Crippen molar-refractivity contribution < 1.29 is 4.74 Å². The van der Waals surface area contributed by atoms with Crippen molar-refractivity contribution in [3.05, 3.63) is 58.6 Å². The molecule has 3 heteroatoms. The van der Waals surface area contributed by atoms with Crippen LogP contribution in [0.15, 0.2) is 42.5 Å². The molecule has 0 bridgehead atoms. The number of halogens is 1. The summed E-state index contributed by atoms with van der Waals surface area (Å²) in [5.74, 6) is 1.67. The van der Waals surface area contributed by atoms with E-state index >= 15 is 0 Å². The summed E-state index contributed by atoms with van der Waals surface area (Å²) < 4.78 is 5.96. The van der Waals surface area contributed by atoms with Gasteiger partial charge in [-0.2, -0.15) is 0 Å². The number of hydrogen-bond donors (Lipinski definition) is 1. The first kappa shape index (κ1) is 15.9. The second-order valence-electron chi connectivity index (χ2n) is 5.35. The summed E-state index contributed by atoms with van der Waals surface area (Å²) in [5.41, 5.74) is 2.28. The minimum atomic E-state index is 0.438. The molecule has 0 aromatic heterocycles. The van der Waals surface area contributed by atoms with E-state index in [0.717, 1.165) is 35.1 Å². The average Bonchev–Trinajstić information content (AvgIpc) is 2.47. The Morgan fingerprint density at radius 1 is 1.10 bits per heavy atom. The van der Waals surface area contributed by atoms with Crippen molar-refractivity contribution >= 4 is 11.6 Å². The molecule has 0 saturated heterocycles. The van der Waals surface area contributed by atoms with E-state index in [-0.39, 0.29) is 0 Å². The van der Waals surface area contributed by atoms with Gasteiger partial charge in [-0.25, -0.2) is 0 Å². The molecule has 2 aromatic rings. The molecule has 0 unspecified atom stereocenters. The van der Waals surface area contributed by atoms with Crippen LogP contribution in [-0.2, 0) is 13.0 Å². The number of rotatable bonds is 6. The Labute approximate surface area is 132 Å². The number of ether oxygens (including phenoxy) is 1. The summed E-state index contributed by atoms with van der Waals surface area (Å²) in [6, 6.07) is 14.4. The fraction of sp³-hybridized carbons (Fsp3) is 0.333. The molecule has 0 saturated carbocycles. The molecule has 2 nitrogen and oxygen atoms in total. The monoisotopic (exact) mass is 303 g/mol. The van der Waals surface area contributed by atoms with Gasteiger partial charge in [-0.05, 0) is 35.7 Å². The van der Waals surface area contributed by atoms with Crippen LogP contribution in [0.5, 0.6) is 11.5 Å². The van der Waals surface area contributed by atoms with Gasteiger partial charge >= 0.3 is 0 Å². The smallest absolute Gasteiger partial charge is 0.130 e. The van der Waals surface area contributed by atoms with E-state index in [9.17, 15) is 0 Å².